The zero-order valence-electron chi connectivity index (χ0n) is 47.7. The van der Waals surface area contributed by atoms with E-state index in [1.807, 2.05) is 0 Å². The van der Waals surface area contributed by atoms with Crippen molar-refractivity contribution >= 4 is 74.3 Å². The van der Waals surface area contributed by atoms with Gasteiger partial charge in [0, 0.05) is 67.1 Å². The van der Waals surface area contributed by atoms with Gasteiger partial charge in [-0.15, -0.1) is 22.5 Å². The second kappa shape index (κ2) is 19.7. The minimum absolute atomic E-state index is 0. The van der Waals surface area contributed by atoms with Crippen LogP contribution in [0.5, 0.6) is 0 Å². The van der Waals surface area contributed by atoms with Crippen LogP contribution in [-0.2, 0) is 87.1 Å². The number of fused-ring (bicyclic) bond motifs is 4. The van der Waals surface area contributed by atoms with Crippen molar-refractivity contribution in [2.24, 2.45) is 0 Å². The summed E-state index contributed by atoms with van der Waals surface area (Å²) in [7, 11) is 0. The molecule has 0 N–H and O–H groups in total. The van der Waals surface area contributed by atoms with Gasteiger partial charge in [-0.3, -0.25) is 17.7 Å². The van der Waals surface area contributed by atoms with Crippen molar-refractivity contribution in [2.45, 2.75) is 157 Å². The molecule has 0 amide bonds. The van der Waals surface area contributed by atoms with Crippen LogP contribution < -0.4 is 31.1 Å². The third-order valence-electron chi connectivity index (χ3n) is 15.0. The summed E-state index contributed by atoms with van der Waals surface area (Å²) in [6.45, 7) is 46.2. The van der Waals surface area contributed by atoms with Gasteiger partial charge in [-0.05, 0) is 116 Å². The van der Waals surface area contributed by atoms with E-state index in [1.165, 1.54) is 61.1 Å². The molecule has 2 heterocycles. The number of rotatable bonds is 5. The van der Waals surface area contributed by atoms with Crippen molar-refractivity contribution in [3.63, 3.8) is 0 Å². The molecule has 7 aromatic carbocycles. The average molecular weight is 1160 g/mol. The molecule has 0 atom stereocenters. The summed E-state index contributed by atoms with van der Waals surface area (Å²) in [4.78, 5) is 7.46. The second-order valence-electron chi connectivity index (χ2n) is 26.7. The van der Waals surface area contributed by atoms with Crippen molar-refractivity contribution in [3.05, 3.63) is 185 Å². The first-order valence-corrected chi connectivity index (χ1v) is 25.9. The van der Waals surface area contributed by atoms with Gasteiger partial charge in [0.1, 0.15) is 0 Å². The molecular weight excluding hydrogens is 1080 g/mol. The van der Waals surface area contributed by atoms with E-state index in [4.69, 9.17) is 6.92 Å². The normalized spacial score (nSPS) is 13.6. The molecule has 0 aromatic heterocycles. The van der Waals surface area contributed by atoms with Gasteiger partial charge >= 0.3 is 27.3 Å². The van der Waals surface area contributed by atoms with Gasteiger partial charge in [0.2, 0.25) is 6.71 Å². The maximum absolute atomic E-state index is 4.99. The molecule has 0 radical (unpaired) electrons. The Hall–Kier alpha value is -4.28. The molecule has 0 fully saturated rings. The Morgan fingerprint density at radius 3 is 1.27 bits per heavy atom. The van der Waals surface area contributed by atoms with Crippen LogP contribution in [0.25, 0.3) is 0 Å². The van der Waals surface area contributed by atoms with E-state index < -0.39 is 0 Å². The minimum atomic E-state index is -0.170. The zero-order chi connectivity index (χ0) is 51.5. The fourth-order valence-corrected chi connectivity index (χ4v) is 10.6. The molecule has 73 heavy (non-hydrogen) atoms. The van der Waals surface area contributed by atoms with Crippen molar-refractivity contribution in [3.8, 4) is 0 Å². The van der Waals surface area contributed by atoms with Crippen LogP contribution >= 0.6 is 0 Å². The van der Waals surface area contributed by atoms with Gasteiger partial charge in [0.15, 0.2) is 0 Å². The zero-order valence-corrected chi connectivity index (χ0v) is 55.7. The Morgan fingerprint density at radius 2 is 0.836 bits per heavy atom. The van der Waals surface area contributed by atoms with Crippen molar-refractivity contribution in [1.29, 1.82) is 0 Å². The van der Waals surface area contributed by atoms with Crippen molar-refractivity contribution in [2.75, 3.05) is 14.7 Å². The first-order valence-electron chi connectivity index (χ1n) is 25.9. The van der Waals surface area contributed by atoms with E-state index >= 15 is 0 Å². The summed E-state index contributed by atoms with van der Waals surface area (Å²) in [5.74, 6) is 0. The van der Waals surface area contributed by atoms with E-state index in [0.29, 0.717) is 0 Å². The summed E-state index contributed by atoms with van der Waals surface area (Å²) in [5, 5.41) is 0. The summed E-state index contributed by atoms with van der Waals surface area (Å²) >= 11 is 0. The van der Waals surface area contributed by atoms with Crippen molar-refractivity contribution < 1.29 is 54.6 Å². The number of anilines is 9. The fourth-order valence-electron chi connectivity index (χ4n) is 10.6. The van der Waals surface area contributed by atoms with Gasteiger partial charge in [0.25, 0.3) is 0 Å². The summed E-state index contributed by atoms with van der Waals surface area (Å²) < 4.78 is 0. The largest absolute Gasteiger partial charge is 2.00 e. The van der Waals surface area contributed by atoms with Crippen LogP contribution in [0, 0.1) is 19.1 Å². The van der Waals surface area contributed by atoms with E-state index in [2.05, 4.69) is 279 Å². The topological polar surface area (TPSA) is 9.72 Å². The van der Waals surface area contributed by atoms with Crippen molar-refractivity contribution in [1.82, 2.24) is 0 Å². The Labute approximate surface area is 482 Å². The molecule has 2 aliphatic rings. The third kappa shape index (κ3) is 10.6. The van der Waals surface area contributed by atoms with Gasteiger partial charge in [0.05, 0.1) is 0 Å². The van der Waals surface area contributed by atoms with E-state index in [0.717, 1.165) is 45.4 Å². The standard InChI is InChI=1S/C67H77BN3.2Cd/c1-43-54(67(17,18)19)37-39-56-61(43)71(52-34-26-47(27-35-52)65(11,12)13)59-41-48(66(14,15)16)40-58-60(59)68(56)55-38-36-53(42-57(55)70(58)51-32-24-46(25-33-51)64(8,9)10)69(49-28-20-44(21-29-49)62(2,3)4)50-30-22-45(23-31-50)63(5,6)7;;/h20-33,36-42H,1H2,2-19H3;;/q-3;;+2. The third-order valence-corrected chi connectivity index (χ3v) is 15.0. The molecule has 9 rings (SSSR count). The molecule has 0 saturated heterocycles. The Bertz CT molecular complexity index is 3070. The molecule has 0 bridgehead atoms. The molecule has 3 nitrogen and oxygen atoms in total. The molecule has 0 aliphatic carbocycles. The number of hydrogen-bond acceptors (Lipinski definition) is 3. The molecule has 2 aliphatic heterocycles. The SMILES string of the molecule is [CH2-]c1c(C(C)(C)C)ccc2c1N(c1[c-]cc(C(C)(C)C)c[c-]1)c1cc(C(C)(C)C)cc3c1B2c1ccc(N(c2ccc(C(C)(C)C)cc2)c2ccc(C(C)(C)C)cc2)cc1N3c1ccc(C(C)(C)C)cc1.[Cd+2].[Cd]. The van der Waals surface area contributed by atoms with Crippen LogP contribution in [-0.4, -0.2) is 6.71 Å². The predicted molar refractivity (Wildman–Crippen MR) is 309 cm³/mol. The Kier molecular flexibility index (Phi) is 15.2. The second-order valence-corrected chi connectivity index (χ2v) is 26.7. The molecule has 0 saturated carbocycles. The smallest absolute Gasteiger partial charge is 0.412 e. The van der Waals surface area contributed by atoms with Crippen LogP contribution in [0.2, 0.25) is 0 Å². The monoisotopic (exact) mass is 1160 g/mol. The molecule has 0 unspecified atom stereocenters. The van der Waals surface area contributed by atoms with E-state index in [9.17, 15) is 0 Å². The number of hydrogen-bond donors (Lipinski definition) is 0. The number of nitrogens with zero attached hydrogens (tertiary/aromatic N) is 3. The predicted octanol–water partition coefficient (Wildman–Crippen LogP) is 16.8. The molecule has 368 valence electrons. The Morgan fingerprint density at radius 1 is 0.425 bits per heavy atom. The first kappa shape index (κ1) is 56.4. The van der Waals surface area contributed by atoms with E-state index in [-0.39, 0.29) is 93.8 Å². The minimum Gasteiger partial charge on any atom is -0.412 e. The summed E-state index contributed by atoms with van der Waals surface area (Å²) in [6.07, 6.45) is 0. The van der Waals surface area contributed by atoms with Gasteiger partial charge in [-0.2, -0.15) is 12.5 Å². The molecule has 6 heteroatoms. The maximum atomic E-state index is 4.99. The fraction of sp³-hybridized carbons (Fsp3) is 0.358. The van der Waals surface area contributed by atoms with Gasteiger partial charge in [-0.25, -0.2) is 5.69 Å². The summed E-state index contributed by atoms with van der Waals surface area (Å²) in [6, 6.07) is 56.6. The Balaban J connectivity index is 0.00000390. The first-order chi connectivity index (χ1) is 32.9. The van der Waals surface area contributed by atoms with Crippen LogP contribution in [0.1, 0.15) is 164 Å². The molecule has 0 spiro atoms. The maximum Gasteiger partial charge on any atom is 2.00 e. The molecular formula is C67H77BCd2N3-. The van der Waals surface area contributed by atoms with Gasteiger partial charge in [-0.1, -0.05) is 184 Å². The average Bonchev–Trinajstić information content (AvgIpc) is 3.27. The number of benzene rings is 7. The van der Waals surface area contributed by atoms with Crippen LogP contribution in [0.15, 0.2) is 127 Å². The van der Waals surface area contributed by atoms with Crippen LogP contribution in [0.3, 0.4) is 0 Å². The van der Waals surface area contributed by atoms with E-state index in [1.54, 1.807) is 0 Å². The summed E-state index contributed by atoms with van der Waals surface area (Å²) in [5.41, 5.74) is 22.2. The van der Waals surface area contributed by atoms with Gasteiger partial charge < -0.3 is 26.8 Å². The molecule has 7 aromatic rings. The quantitative estimate of drug-likeness (QED) is 0.126. The van der Waals surface area contributed by atoms with Crippen LogP contribution in [0.4, 0.5) is 51.2 Å².